The van der Waals surface area contributed by atoms with E-state index < -0.39 is 0 Å². The Balaban J connectivity index is 1.71. The van der Waals surface area contributed by atoms with E-state index in [0.717, 1.165) is 16.8 Å². The molecule has 1 heterocycles. The van der Waals surface area contributed by atoms with Crippen LogP contribution in [0.3, 0.4) is 0 Å². The number of carbonyl (C=O) groups excluding carboxylic acids is 1. The van der Waals surface area contributed by atoms with Gasteiger partial charge in [-0.1, -0.05) is 17.7 Å². The molecule has 0 atom stereocenters. The van der Waals surface area contributed by atoms with Gasteiger partial charge < -0.3 is 10.6 Å². The standard InChI is InChI=1S/C21H20FN3O/c1-13-10-14(2)20(15(3)11-13)25-19-9-8-18(12-23-19)24-21(26)16-4-6-17(22)7-5-16/h4-12H,1-3H3,(H,23,25)(H,24,26). The number of halogens is 1. The molecule has 3 rings (SSSR count). The van der Waals surface area contributed by atoms with Crippen molar-refractivity contribution in [1.82, 2.24) is 4.98 Å². The van der Waals surface area contributed by atoms with Crippen LogP contribution in [-0.4, -0.2) is 10.9 Å². The number of pyridine rings is 1. The summed E-state index contributed by atoms with van der Waals surface area (Å²) >= 11 is 0. The molecule has 0 aliphatic rings. The predicted molar refractivity (Wildman–Crippen MR) is 103 cm³/mol. The molecule has 3 aromatic rings. The van der Waals surface area contributed by atoms with E-state index >= 15 is 0 Å². The van der Waals surface area contributed by atoms with E-state index in [9.17, 15) is 9.18 Å². The lowest BCUT2D eigenvalue weighted by atomic mass is 10.1. The van der Waals surface area contributed by atoms with E-state index in [0.29, 0.717) is 17.1 Å². The summed E-state index contributed by atoms with van der Waals surface area (Å²) in [6.07, 6.45) is 1.59. The minimum Gasteiger partial charge on any atom is -0.340 e. The first kappa shape index (κ1) is 17.6. The topological polar surface area (TPSA) is 54.0 Å². The highest BCUT2D eigenvalue weighted by atomic mass is 19.1. The second-order valence-electron chi connectivity index (χ2n) is 6.29. The lowest BCUT2D eigenvalue weighted by molar-refractivity contribution is 0.102. The largest absolute Gasteiger partial charge is 0.340 e. The van der Waals surface area contributed by atoms with Crippen LogP contribution in [0.25, 0.3) is 0 Å². The number of nitrogens with one attached hydrogen (secondary N) is 2. The summed E-state index contributed by atoms with van der Waals surface area (Å²) < 4.78 is 12.9. The first-order valence-corrected chi connectivity index (χ1v) is 8.30. The number of amides is 1. The smallest absolute Gasteiger partial charge is 0.255 e. The Morgan fingerprint density at radius 2 is 1.62 bits per heavy atom. The monoisotopic (exact) mass is 349 g/mol. The number of anilines is 3. The molecule has 0 fully saturated rings. The molecule has 0 aliphatic heterocycles. The molecule has 2 N–H and O–H groups in total. The van der Waals surface area contributed by atoms with E-state index in [1.807, 2.05) is 0 Å². The van der Waals surface area contributed by atoms with E-state index in [2.05, 4.69) is 48.5 Å². The average molecular weight is 349 g/mol. The quantitative estimate of drug-likeness (QED) is 0.685. The predicted octanol–water partition coefficient (Wildman–Crippen LogP) is 5.14. The van der Waals surface area contributed by atoms with Crippen molar-refractivity contribution in [2.45, 2.75) is 20.8 Å². The molecule has 0 saturated heterocycles. The first-order chi connectivity index (χ1) is 12.4. The Kier molecular flexibility index (Phi) is 4.98. The third kappa shape index (κ3) is 4.06. The highest BCUT2D eigenvalue weighted by Gasteiger charge is 2.08. The normalized spacial score (nSPS) is 10.5. The molecular weight excluding hydrogens is 329 g/mol. The van der Waals surface area contributed by atoms with Crippen molar-refractivity contribution < 1.29 is 9.18 Å². The van der Waals surface area contributed by atoms with E-state index in [1.54, 1.807) is 18.3 Å². The minimum atomic E-state index is -0.375. The van der Waals surface area contributed by atoms with Gasteiger partial charge in [-0.05, 0) is 68.3 Å². The fourth-order valence-corrected chi connectivity index (χ4v) is 2.85. The molecule has 26 heavy (non-hydrogen) atoms. The molecule has 4 nitrogen and oxygen atoms in total. The summed E-state index contributed by atoms with van der Waals surface area (Å²) in [7, 11) is 0. The molecule has 132 valence electrons. The van der Waals surface area contributed by atoms with Crippen LogP contribution in [0.4, 0.5) is 21.6 Å². The molecule has 0 unspecified atom stereocenters. The molecule has 0 bridgehead atoms. The number of hydrogen-bond acceptors (Lipinski definition) is 3. The maximum atomic E-state index is 12.9. The van der Waals surface area contributed by atoms with Crippen molar-refractivity contribution >= 4 is 23.1 Å². The van der Waals surface area contributed by atoms with E-state index in [4.69, 9.17) is 0 Å². The van der Waals surface area contributed by atoms with Gasteiger partial charge >= 0.3 is 0 Å². The number of aromatic nitrogens is 1. The Bertz CT molecular complexity index is 911. The number of rotatable bonds is 4. The highest BCUT2D eigenvalue weighted by Crippen LogP contribution is 2.25. The summed E-state index contributed by atoms with van der Waals surface area (Å²) in [4.78, 5) is 16.5. The molecule has 1 amide bonds. The molecule has 5 heteroatoms. The Labute approximate surface area is 152 Å². The molecule has 0 aliphatic carbocycles. The maximum absolute atomic E-state index is 12.9. The first-order valence-electron chi connectivity index (χ1n) is 8.30. The van der Waals surface area contributed by atoms with Gasteiger partial charge in [-0.2, -0.15) is 0 Å². The van der Waals surface area contributed by atoms with Gasteiger partial charge in [0.2, 0.25) is 0 Å². The Hall–Kier alpha value is -3.21. The molecular formula is C21H20FN3O. The summed E-state index contributed by atoms with van der Waals surface area (Å²) in [5, 5.41) is 6.07. The summed E-state index contributed by atoms with van der Waals surface area (Å²) in [6.45, 7) is 6.18. The zero-order valence-corrected chi connectivity index (χ0v) is 14.9. The third-order valence-corrected chi connectivity index (χ3v) is 4.06. The maximum Gasteiger partial charge on any atom is 0.255 e. The summed E-state index contributed by atoms with van der Waals surface area (Å²) in [5.74, 6) is 0.0119. The fourth-order valence-electron chi connectivity index (χ4n) is 2.85. The third-order valence-electron chi connectivity index (χ3n) is 4.06. The fraction of sp³-hybridized carbons (Fsp3) is 0.143. The SMILES string of the molecule is Cc1cc(C)c(Nc2ccc(NC(=O)c3ccc(F)cc3)cn2)c(C)c1. The lowest BCUT2D eigenvalue weighted by Crippen LogP contribution is -2.12. The number of carbonyl (C=O) groups is 1. The van der Waals surface area contributed by atoms with Gasteiger partial charge in [0.15, 0.2) is 0 Å². The zero-order chi connectivity index (χ0) is 18.7. The Morgan fingerprint density at radius 1 is 0.962 bits per heavy atom. The Morgan fingerprint density at radius 3 is 2.19 bits per heavy atom. The van der Waals surface area contributed by atoms with Crippen LogP contribution in [0.5, 0.6) is 0 Å². The van der Waals surface area contributed by atoms with Gasteiger partial charge in [0.1, 0.15) is 11.6 Å². The molecule has 1 aromatic heterocycles. The second kappa shape index (κ2) is 7.35. The van der Waals surface area contributed by atoms with Crippen LogP contribution in [0.1, 0.15) is 27.0 Å². The minimum absolute atomic E-state index is 0.308. The van der Waals surface area contributed by atoms with Crippen molar-refractivity contribution in [3.63, 3.8) is 0 Å². The van der Waals surface area contributed by atoms with Gasteiger partial charge in [-0.15, -0.1) is 0 Å². The average Bonchev–Trinajstić information content (AvgIpc) is 2.60. The zero-order valence-electron chi connectivity index (χ0n) is 14.9. The van der Waals surface area contributed by atoms with Crippen molar-refractivity contribution in [1.29, 1.82) is 0 Å². The van der Waals surface area contributed by atoms with Crippen LogP contribution in [0.2, 0.25) is 0 Å². The van der Waals surface area contributed by atoms with Gasteiger partial charge in [0.25, 0.3) is 5.91 Å². The van der Waals surface area contributed by atoms with Crippen LogP contribution < -0.4 is 10.6 Å². The van der Waals surface area contributed by atoms with Gasteiger partial charge in [-0.25, -0.2) is 9.37 Å². The summed E-state index contributed by atoms with van der Waals surface area (Å²) in [6, 6.07) is 13.2. The van der Waals surface area contributed by atoms with Crippen molar-refractivity contribution in [2.24, 2.45) is 0 Å². The lowest BCUT2D eigenvalue weighted by Gasteiger charge is -2.13. The number of hydrogen-bond donors (Lipinski definition) is 2. The number of aryl methyl sites for hydroxylation is 3. The summed E-state index contributed by atoms with van der Waals surface area (Å²) in [5.41, 5.74) is 5.52. The van der Waals surface area contributed by atoms with Gasteiger partial charge in [0.05, 0.1) is 11.9 Å². The van der Waals surface area contributed by atoms with Crippen LogP contribution in [-0.2, 0) is 0 Å². The van der Waals surface area contributed by atoms with Crippen LogP contribution >= 0.6 is 0 Å². The molecule has 2 aromatic carbocycles. The van der Waals surface area contributed by atoms with E-state index in [1.165, 1.54) is 29.8 Å². The van der Waals surface area contributed by atoms with Crippen molar-refractivity contribution in [3.8, 4) is 0 Å². The molecule has 0 radical (unpaired) electrons. The molecule has 0 saturated carbocycles. The van der Waals surface area contributed by atoms with Crippen molar-refractivity contribution in [3.05, 3.63) is 82.8 Å². The molecule has 0 spiro atoms. The van der Waals surface area contributed by atoms with Crippen LogP contribution in [0, 0.1) is 26.6 Å². The van der Waals surface area contributed by atoms with Gasteiger partial charge in [0, 0.05) is 11.3 Å². The second-order valence-corrected chi connectivity index (χ2v) is 6.29. The van der Waals surface area contributed by atoms with Crippen molar-refractivity contribution in [2.75, 3.05) is 10.6 Å². The number of nitrogens with zero attached hydrogens (tertiary/aromatic N) is 1. The van der Waals surface area contributed by atoms with Gasteiger partial charge in [-0.3, -0.25) is 4.79 Å². The van der Waals surface area contributed by atoms with Crippen LogP contribution in [0.15, 0.2) is 54.7 Å². The highest BCUT2D eigenvalue weighted by molar-refractivity contribution is 6.04. The number of benzene rings is 2. The van der Waals surface area contributed by atoms with E-state index in [-0.39, 0.29) is 11.7 Å².